The third-order valence-electron chi connectivity index (χ3n) is 10.1. The molecule has 4 fully saturated rings. The first-order valence-electron chi connectivity index (χ1n) is 18.7. The Bertz CT molecular complexity index is 879. The molecule has 4 rings (SSSR count). The Hall–Kier alpha value is -1.92. The molecule has 0 aromatic heterocycles. The Balaban J connectivity index is 0.000000347. The maximum Gasteiger partial charge on any atom is 0.317 e. The molecular formula is C34H64CuN8O8. The van der Waals surface area contributed by atoms with Crippen LogP contribution in [0.15, 0.2) is 0 Å². The van der Waals surface area contributed by atoms with Gasteiger partial charge < -0.3 is 40.0 Å². The molecular weight excluding hydrogens is 712 g/mol. The van der Waals surface area contributed by atoms with Crippen LogP contribution in [-0.4, -0.2) is 241 Å². The summed E-state index contributed by atoms with van der Waals surface area (Å²) >= 11 is 0. The van der Waals surface area contributed by atoms with Gasteiger partial charge in [-0.3, -0.25) is 38.8 Å². The van der Waals surface area contributed by atoms with E-state index in [0.717, 1.165) is 169 Å². The van der Waals surface area contributed by atoms with Crippen molar-refractivity contribution >= 4 is 23.9 Å². The summed E-state index contributed by atoms with van der Waals surface area (Å²) in [5, 5.41) is 36.4. The second-order valence-corrected chi connectivity index (χ2v) is 14.2. The topological polar surface area (TPSA) is 175 Å². The van der Waals surface area contributed by atoms with Crippen LogP contribution in [0.2, 0.25) is 0 Å². The number of rotatable bonds is 8. The van der Waals surface area contributed by atoms with Gasteiger partial charge in [-0.05, 0) is 90.9 Å². The average Bonchev–Trinajstić information content (AvgIpc) is 3.16. The van der Waals surface area contributed by atoms with E-state index in [1.807, 2.05) is 19.6 Å². The van der Waals surface area contributed by atoms with E-state index in [0.29, 0.717) is 0 Å². The Morgan fingerprint density at radius 2 is 0.471 bits per heavy atom. The van der Waals surface area contributed by atoms with Crippen molar-refractivity contribution in [2.75, 3.05) is 157 Å². The van der Waals surface area contributed by atoms with Gasteiger partial charge in [-0.2, -0.15) is 0 Å². The first-order chi connectivity index (χ1) is 24.0. The maximum absolute atomic E-state index is 11.1. The molecule has 4 bridgehead atoms. The van der Waals surface area contributed by atoms with Crippen molar-refractivity contribution in [2.45, 2.75) is 38.5 Å². The van der Waals surface area contributed by atoms with Crippen molar-refractivity contribution in [3.8, 4) is 0 Å². The molecule has 4 saturated heterocycles. The molecule has 16 nitrogen and oxygen atoms in total. The monoisotopic (exact) mass is 776 g/mol. The van der Waals surface area contributed by atoms with Crippen molar-refractivity contribution in [1.82, 2.24) is 39.2 Å². The molecule has 299 valence electrons. The zero-order valence-corrected chi connectivity index (χ0v) is 31.5. The Labute approximate surface area is 314 Å². The van der Waals surface area contributed by atoms with Crippen molar-refractivity contribution < 1.29 is 56.7 Å². The van der Waals surface area contributed by atoms with Gasteiger partial charge >= 0.3 is 23.9 Å². The SMILES string of the molecule is O=C(O)CN1CCCN2CCCN(CCCN(CC(=O)O)CC2)CC1.O=C(O)CN1CCCN2CCCN(CCCN(CC(=O)O)CC2)CC1.[64Cu]. The molecule has 4 heterocycles. The van der Waals surface area contributed by atoms with E-state index in [9.17, 15) is 19.2 Å². The molecule has 17 heteroatoms. The fourth-order valence-electron chi connectivity index (χ4n) is 7.43. The average molecular weight is 777 g/mol. The Kier molecular flexibility index (Phi) is 23.0. The van der Waals surface area contributed by atoms with Crippen LogP contribution in [-0.2, 0) is 36.2 Å². The van der Waals surface area contributed by atoms with Crippen molar-refractivity contribution in [1.29, 1.82) is 0 Å². The summed E-state index contributed by atoms with van der Waals surface area (Å²) in [5.74, 6) is -3.04. The molecule has 0 aliphatic carbocycles. The van der Waals surface area contributed by atoms with Gasteiger partial charge in [-0.15, -0.1) is 0 Å². The molecule has 4 aliphatic heterocycles. The fourth-order valence-corrected chi connectivity index (χ4v) is 7.43. The van der Waals surface area contributed by atoms with Crippen LogP contribution in [0.5, 0.6) is 0 Å². The number of fused-ring (bicyclic) bond motifs is 8. The molecule has 4 unspecified atom stereocenters. The van der Waals surface area contributed by atoms with E-state index in [-0.39, 0.29) is 43.2 Å². The molecule has 4 atom stereocenters. The third-order valence-corrected chi connectivity index (χ3v) is 10.1. The smallest absolute Gasteiger partial charge is 0.317 e. The molecule has 0 spiro atoms. The Morgan fingerprint density at radius 1 is 0.294 bits per heavy atom. The number of hydrogen-bond acceptors (Lipinski definition) is 12. The zero-order chi connectivity index (χ0) is 36.1. The molecule has 1 radical (unpaired) electrons. The number of nitrogens with zero attached hydrogens (tertiary/aromatic N) is 8. The molecule has 0 saturated carbocycles. The van der Waals surface area contributed by atoms with Crippen LogP contribution < -0.4 is 0 Å². The molecule has 4 N–H and O–H groups in total. The van der Waals surface area contributed by atoms with E-state index in [1.54, 1.807) is 0 Å². The van der Waals surface area contributed by atoms with Crippen LogP contribution in [0.1, 0.15) is 38.5 Å². The van der Waals surface area contributed by atoms with Gasteiger partial charge in [0.25, 0.3) is 0 Å². The van der Waals surface area contributed by atoms with Crippen molar-refractivity contribution in [3.63, 3.8) is 0 Å². The molecule has 0 aromatic carbocycles. The Morgan fingerprint density at radius 3 is 0.647 bits per heavy atom. The molecule has 0 aromatic rings. The fraction of sp³-hybridized carbons (Fsp3) is 0.882. The van der Waals surface area contributed by atoms with Crippen LogP contribution in [0.4, 0.5) is 0 Å². The van der Waals surface area contributed by atoms with Gasteiger partial charge in [0.1, 0.15) is 0 Å². The summed E-state index contributed by atoms with van der Waals surface area (Å²) in [6.45, 7) is 18.2. The van der Waals surface area contributed by atoms with Crippen LogP contribution in [0.25, 0.3) is 0 Å². The number of hydrogen-bond donors (Lipinski definition) is 4. The first-order valence-corrected chi connectivity index (χ1v) is 18.7. The zero-order valence-electron chi connectivity index (χ0n) is 30.5. The van der Waals surface area contributed by atoms with Crippen LogP contribution in [0.3, 0.4) is 0 Å². The molecule has 51 heavy (non-hydrogen) atoms. The summed E-state index contributed by atoms with van der Waals surface area (Å²) in [7, 11) is 0. The van der Waals surface area contributed by atoms with E-state index < -0.39 is 23.9 Å². The number of carboxylic acid groups (broad SMARTS) is 4. The molecule has 0 amide bonds. The third kappa shape index (κ3) is 20.8. The van der Waals surface area contributed by atoms with E-state index in [2.05, 4.69) is 19.6 Å². The summed E-state index contributed by atoms with van der Waals surface area (Å²) in [4.78, 5) is 62.1. The second kappa shape index (κ2) is 26.0. The van der Waals surface area contributed by atoms with E-state index in [1.165, 1.54) is 0 Å². The quantitative estimate of drug-likeness (QED) is 0.224. The predicted octanol–water partition coefficient (Wildman–Crippen LogP) is -0.880. The van der Waals surface area contributed by atoms with Crippen molar-refractivity contribution in [3.05, 3.63) is 0 Å². The summed E-state index contributed by atoms with van der Waals surface area (Å²) in [6, 6.07) is 0. The van der Waals surface area contributed by atoms with Crippen LogP contribution in [0, 0.1) is 0 Å². The maximum atomic E-state index is 11.1. The number of aliphatic carboxylic acids is 4. The summed E-state index contributed by atoms with van der Waals surface area (Å²) in [5.41, 5.74) is 0. The van der Waals surface area contributed by atoms with Gasteiger partial charge in [-0.1, -0.05) is 0 Å². The van der Waals surface area contributed by atoms with Gasteiger partial charge in [-0.25, -0.2) is 0 Å². The largest absolute Gasteiger partial charge is 0.480 e. The number of carboxylic acids is 4. The van der Waals surface area contributed by atoms with Crippen LogP contribution >= 0.6 is 0 Å². The summed E-state index contributed by atoms with van der Waals surface area (Å²) < 4.78 is 0. The van der Waals surface area contributed by atoms with E-state index in [4.69, 9.17) is 20.4 Å². The minimum Gasteiger partial charge on any atom is -0.480 e. The van der Waals surface area contributed by atoms with E-state index >= 15 is 0 Å². The van der Waals surface area contributed by atoms with Gasteiger partial charge in [0.2, 0.25) is 0 Å². The summed E-state index contributed by atoms with van der Waals surface area (Å²) in [6.07, 6.45) is 6.02. The van der Waals surface area contributed by atoms with Gasteiger partial charge in [0.05, 0.1) is 26.2 Å². The van der Waals surface area contributed by atoms with Gasteiger partial charge in [0.15, 0.2) is 0 Å². The minimum atomic E-state index is -0.760. The normalized spacial score (nSPS) is 27.6. The number of carbonyl (C=O) groups is 4. The standard InChI is InChI=1S/2C17H32N4O4.Cu/c2*22-16(23)14-20-8-2-6-18-4-1-5-19(11-12-20)7-3-9-21(13-10-18)15-17(24)25;/h2*1-15H2,(H,22,23)(H,24,25);/i;;1+0. The molecule has 4 aliphatic rings. The van der Waals surface area contributed by atoms with Gasteiger partial charge in [0, 0.05) is 95.6 Å². The predicted molar refractivity (Wildman–Crippen MR) is 190 cm³/mol. The van der Waals surface area contributed by atoms with Crippen molar-refractivity contribution in [2.24, 2.45) is 0 Å². The second-order valence-electron chi connectivity index (χ2n) is 14.2. The first kappa shape index (κ1) is 45.2. The minimum absolute atomic E-state index is 0.